The van der Waals surface area contributed by atoms with E-state index in [9.17, 15) is 18.3 Å². The van der Waals surface area contributed by atoms with Gasteiger partial charge in [-0.25, -0.2) is 4.98 Å². The van der Waals surface area contributed by atoms with Crippen LogP contribution in [0.1, 0.15) is 5.56 Å². The van der Waals surface area contributed by atoms with E-state index < -0.39 is 18.0 Å². The van der Waals surface area contributed by atoms with Crippen molar-refractivity contribution >= 4 is 15.9 Å². The van der Waals surface area contributed by atoms with Crippen LogP contribution in [-0.2, 0) is 5.33 Å². The van der Waals surface area contributed by atoms with Crippen molar-refractivity contribution in [3.63, 3.8) is 0 Å². The molecule has 1 aromatic rings. The van der Waals surface area contributed by atoms with Crippen LogP contribution in [-0.4, -0.2) is 23.6 Å². The minimum atomic E-state index is -4.91. The fraction of sp³-hybridized carbons (Fsp3) is 0.375. The van der Waals surface area contributed by atoms with E-state index >= 15 is 0 Å². The lowest BCUT2D eigenvalue weighted by molar-refractivity contribution is -0.276. The second-order valence-corrected chi connectivity index (χ2v) is 3.21. The first-order chi connectivity index (χ1) is 7.39. The molecule has 0 atom stereocenters. The van der Waals surface area contributed by atoms with Crippen molar-refractivity contribution in [3.05, 3.63) is 11.8 Å². The molecular weight excluding hydrogens is 295 g/mol. The number of aromatic nitrogens is 1. The van der Waals surface area contributed by atoms with Gasteiger partial charge in [-0.05, 0) is 0 Å². The summed E-state index contributed by atoms with van der Waals surface area (Å²) in [5.41, 5.74) is 0.412. The molecule has 0 aliphatic heterocycles. The van der Waals surface area contributed by atoms with Crippen LogP contribution in [0.4, 0.5) is 13.2 Å². The molecule has 16 heavy (non-hydrogen) atoms. The number of halogens is 4. The van der Waals surface area contributed by atoms with Crippen molar-refractivity contribution in [1.82, 2.24) is 4.98 Å². The molecule has 0 amide bonds. The maximum Gasteiger partial charge on any atom is 0.574 e. The van der Waals surface area contributed by atoms with E-state index in [2.05, 4.69) is 25.7 Å². The largest absolute Gasteiger partial charge is 0.574 e. The van der Waals surface area contributed by atoms with Crippen molar-refractivity contribution in [2.75, 3.05) is 7.11 Å². The highest BCUT2D eigenvalue weighted by Gasteiger charge is 2.34. The Hall–Kier alpha value is -1.18. The van der Waals surface area contributed by atoms with Crippen LogP contribution in [0.25, 0.3) is 0 Å². The number of hydrogen-bond donors (Lipinski definition) is 1. The number of alkyl halides is 4. The van der Waals surface area contributed by atoms with Crippen molar-refractivity contribution in [2.45, 2.75) is 11.7 Å². The van der Waals surface area contributed by atoms with Crippen LogP contribution in [0, 0.1) is 0 Å². The number of hydrogen-bond acceptors (Lipinski definition) is 4. The molecule has 0 spiro atoms. The molecule has 1 heterocycles. The zero-order chi connectivity index (χ0) is 12.3. The van der Waals surface area contributed by atoms with E-state index in [-0.39, 0.29) is 11.1 Å². The van der Waals surface area contributed by atoms with Crippen molar-refractivity contribution in [3.8, 4) is 17.4 Å². The fourth-order valence-electron chi connectivity index (χ4n) is 1.01. The molecule has 0 saturated carbocycles. The zero-order valence-electron chi connectivity index (χ0n) is 8.01. The highest BCUT2D eigenvalue weighted by Crippen LogP contribution is 2.39. The topological polar surface area (TPSA) is 51.6 Å². The molecule has 0 aromatic carbocycles. The Balaban J connectivity index is 3.14. The van der Waals surface area contributed by atoms with Crippen LogP contribution in [0.15, 0.2) is 6.20 Å². The summed E-state index contributed by atoms with van der Waals surface area (Å²) in [6.07, 6.45) is -3.79. The van der Waals surface area contributed by atoms with Gasteiger partial charge in [-0.3, -0.25) is 0 Å². The van der Waals surface area contributed by atoms with Gasteiger partial charge in [0.2, 0.25) is 5.75 Å². The Kier molecular flexibility index (Phi) is 3.84. The average Bonchev–Trinajstić information content (AvgIpc) is 2.19. The Morgan fingerprint density at radius 2 is 2.12 bits per heavy atom. The van der Waals surface area contributed by atoms with Crippen molar-refractivity contribution in [1.29, 1.82) is 0 Å². The maximum atomic E-state index is 11.9. The number of aromatic hydroxyl groups is 1. The van der Waals surface area contributed by atoms with Gasteiger partial charge in [-0.2, -0.15) is 0 Å². The van der Waals surface area contributed by atoms with Gasteiger partial charge in [-0.15, -0.1) is 13.2 Å². The van der Waals surface area contributed by atoms with Crippen LogP contribution >= 0.6 is 15.9 Å². The molecule has 90 valence electrons. The Morgan fingerprint density at radius 1 is 1.50 bits per heavy atom. The molecule has 0 unspecified atom stereocenters. The smallest absolute Gasteiger partial charge is 0.501 e. The Morgan fingerprint density at radius 3 is 2.56 bits per heavy atom. The molecule has 1 aromatic heterocycles. The lowest BCUT2D eigenvalue weighted by Crippen LogP contribution is -2.18. The molecule has 8 heteroatoms. The summed E-state index contributed by atoms with van der Waals surface area (Å²) in [7, 11) is 1.22. The van der Waals surface area contributed by atoms with Gasteiger partial charge in [0.1, 0.15) is 0 Å². The standard InChI is InChI=1S/C8H7BrF3NO3/c1-15-6-4(2-9)3-13-7(5(6)14)16-8(10,11)12/h3,14H,2H2,1H3. The number of methoxy groups -OCH3 is 1. The molecule has 1 rings (SSSR count). The van der Waals surface area contributed by atoms with E-state index in [1.54, 1.807) is 0 Å². The molecular formula is C8H7BrF3NO3. The molecule has 0 aliphatic rings. The van der Waals surface area contributed by atoms with E-state index in [1.165, 1.54) is 7.11 Å². The summed E-state index contributed by atoms with van der Waals surface area (Å²) >= 11 is 3.08. The Labute approximate surface area is 97.1 Å². The predicted molar refractivity (Wildman–Crippen MR) is 51.8 cm³/mol. The molecule has 0 fully saturated rings. The normalized spacial score (nSPS) is 11.3. The van der Waals surface area contributed by atoms with Crippen molar-refractivity contribution in [2.24, 2.45) is 0 Å². The van der Waals surface area contributed by atoms with Gasteiger partial charge >= 0.3 is 6.36 Å². The van der Waals surface area contributed by atoms with Crippen LogP contribution in [0.5, 0.6) is 17.4 Å². The van der Waals surface area contributed by atoms with E-state index in [4.69, 9.17) is 4.74 Å². The first-order valence-electron chi connectivity index (χ1n) is 3.95. The second-order valence-electron chi connectivity index (χ2n) is 2.65. The third-order valence-corrected chi connectivity index (χ3v) is 2.21. The van der Waals surface area contributed by atoms with Crippen LogP contribution < -0.4 is 9.47 Å². The first kappa shape index (κ1) is 12.9. The minimum Gasteiger partial charge on any atom is -0.501 e. The van der Waals surface area contributed by atoms with E-state index in [0.29, 0.717) is 5.56 Å². The van der Waals surface area contributed by atoms with Crippen molar-refractivity contribution < 1.29 is 27.8 Å². The molecule has 0 radical (unpaired) electrons. The van der Waals surface area contributed by atoms with Gasteiger partial charge in [0.25, 0.3) is 5.88 Å². The van der Waals surface area contributed by atoms with Crippen LogP contribution in [0.3, 0.4) is 0 Å². The second kappa shape index (κ2) is 4.77. The van der Waals surface area contributed by atoms with Gasteiger partial charge in [0.05, 0.1) is 7.11 Å². The highest BCUT2D eigenvalue weighted by atomic mass is 79.9. The van der Waals surface area contributed by atoms with E-state index in [1.807, 2.05) is 0 Å². The summed E-state index contributed by atoms with van der Waals surface area (Å²) in [4.78, 5) is 3.34. The monoisotopic (exact) mass is 301 g/mol. The molecule has 0 bridgehead atoms. The minimum absolute atomic E-state index is 0.105. The molecule has 0 saturated heterocycles. The van der Waals surface area contributed by atoms with Gasteiger partial charge in [0.15, 0.2) is 5.75 Å². The predicted octanol–water partition coefficient (Wildman–Crippen LogP) is 2.59. The van der Waals surface area contributed by atoms with Crippen LogP contribution in [0.2, 0.25) is 0 Å². The summed E-state index contributed by atoms with van der Waals surface area (Å²) in [6, 6.07) is 0. The third kappa shape index (κ3) is 2.91. The first-order valence-corrected chi connectivity index (χ1v) is 5.07. The van der Waals surface area contributed by atoms with Gasteiger partial charge < -0.3 is 14.6 Å². The lowest BCUT2D eigenvalue weighted by atomic mass is 10.2. The summed E-state index contributed by atoms with van der Waals surface area (Å²) in [5.74, 6) is -1.82. The van der Waals surface area contributed by atoms with Gasteiger partial charge in [0, 0.05) is 17.1 Å². The maximum absolute atomic E-state index is 11.9. The fourth-order valence-corrected chi connectivity index (χ4v) is 1.41. The average molecular weight is 302 g/mol. The van der Waals surface area contributed by atoms with Gasteiger partial charge in [-0.1, -0.05) is 15.9 Å². The SMILES string of the molecule is COc1c(CBr)cnc(OC(F)(F)F)c1O. The Bertz CT molecular complexity index is 384. The summed E-state index contributed by atoms with van der Waals surface area (Å²) in [6.45, 7) is 0. The highest BCUT2D eigenvalue weighted by molar-refractivity contribution is 9.08. The number of pyridine rings is 1. The molecule has 4 nitrogen and oxygen atoms in total. The quantitative estimate of drug-likeness (QED) is 0.872. The zero-order valence-corrected chi connectivity index (χ0v) is 9.59. The number of nitrogens with zero attached hydrogens (tertiary/aromatic N) is 1. The molecule has 1 N–H and O–H groups in total. The summed E-state index contributed by atoms with van der Waals surface area (Å²) in [5, 5.41) is 9.71. The lowest BCUT2D eigenvalue weighted by Gasteiger charge is -2.13. The number of rotatable bonds is 3. The number of ether oxygens (including phenoxy) is 2. The third-order valence-electron chi connectivity index (χ3n) is 1.61. The summed E-state index contributed by atoms with van der Waals surface area (Å²) < 4.78 is 44.0. The van der Waals surface area contributed by atoms with E-state index in [0.717, 1.165) is 6.20 Å². The molecule has 0 aliphatic carbocycles.